The second kappa shape index (κ2) is 17.0. The highest BCUT2D eigenvalue weighted by molar-refractivity contribution is 5.96. The Morgan fingerprint density at radius 3 is 1.20 bits per heavy atom. The van der Waals surface area contributed by atoms with E-state index in [0.29, 0.717) is 47.2 Å². The number of hydrogen-bond donors (Lipinski definition) is 2. The van der Waals surface area contributed by atoms with Gasteiger partial charge in [-0.3, -0.25) is 19.2 Å². The van der Waals surface area contributed by atoms with Crippen LogP contribution < -0.4 is 10.6 Å². The smallest absolute Gasteiger partial charge is 0.253 e. The molecule has 0 saturated carbocycles. The monoisotopic (exact) mass is 602 g/mol. The number of piperidine rings is 2. The average Bonchev–Trinajstić information content (AvgIpc) is 3.03. The third kappa shape index (κ3) is 10.5. The molecular weight excluding hydrogens is 552 g/mol. The van der Waals surface area contributed by atoms with E-state index in [1.807, 2.05) is 9.80 Å². The van der Waals surface area contributed by atoms with Crippen molar-refractivity contribution in [2.75, 3.05) is 36.8 Å². The standard InChI is InChI=1S/C36H50N4O4/c1-27-19-23-39(24-20-27)35(43)29-11-15-31(16-12-29)37-33(41)9-7-5-3-4-6-8-10-34(42)38-32-17-13-30(14-18-32)36(44)40-25-21-28(2)22-26-40/h11-18,27-28H,3-10,19-26H2,1-2H3,(H,37,41)(H,38,42). The molecule has 0 aliphatic carbocycles. The number of nitrogens with zero attached hydrogens (tertiary/aromatic N) is 2. The lowest BCUT2D eigenvalue weighted by atomic mass is 9.98. The normalized spacial score (nSPS) is 16.0. The zero-order valence-electron chi connectivity index (χ0n) is 26.6. The lowest BCUT2D eigenvalue weighted by molar-refractivity contribution is -0.117. The zero-order chi connectivity index (χ0) is 31.3. The number of carbonyl (C=O) groups is 4. The molecule has 2 heterocycles. The van der Waals surface area contributed by atoms with Crippen LogP contribution in [-0.4, -0.2) is 59.6 Å². The van der Waals surface area contributed by atoms with Crippen molar-refractivity contribution in [1.82, 2.24) is 9.80 Å². The summed E-state index contributed by atoms with van der Waals surface area (Å²) in [7, 11) is 0. The molecule has 0 atom stereocenters. The molecule has 2 saturated heterocycles. The number of unbranched alkanes of at least 4 members (excludes halogenated alkanes) is 5. The first-order valence-electron chi connectivity index (χ1n) is 16.7. The Hall–Kier alpha value is -3.68. The van der Waals surface area contributed by atoms with Gasteiger partial charge in [-0.05, 0) is 98.9 Å². The van der Waals surface area contributed by atoms with Gasteiger partial charge in [0.1, 0.15) is 0 Å². The summed E-state index contributed by atoms with van der Waals surface area (Å²) in [6.45, 7) is 7.71. The van der Waals surface area contributed by atoms with Gasteiger partial charge in [-0.25, -0.2) is 0 Å². The summed E-state index contributed by atoms with van der Waals surface area (Å²) in [6, 6.07) is 14.4. The molecule has 4 amide bonds. The van der Waals surface area contributed by atoms with Crippen LogP contribution in [0.2, 0.25) is 0 Å². The van der Waals surface area contributed by atoms with Crippen LogP contribution in [0.15, 0.2) is 48.5 Å². The second-order valence-electron chi connectivity index (χ2n) is 12.8. The van der Waals surface area contributed by atoms with Crippen molar-refractivity contribution in [3.05, 3.63) is 59.7 Å². The van der Waals surface area contributed by atoms with E-state index in [0.717, 1.165) is 90.4 Å². The van der Waals surface area contributed by atoms with Crippen LogP contribution in [0.4, 0.5) is 11.4 Å². The number of amides is 4. The van der Waals surface area contributed by atoms with E-state index >= 15 is 0 Å². The zero-order valence-corrected chi connectivity index (χ0v) is 26.6. The Morgan fingerprint density at radius 1 is 0.545 bits per heavy atom. The first kappa shape index (κ1) is 33.2. The van der Waals surface area contributed by atoms with Crippen molar-refractivity contribution in [2.45, 2.75) is 90.9 Å². The van der Waals surface area contributed by atoms with Crippen LogP contribution in [0.25, 0.3) is 0 Å². The Kier molecular flexibility index (Phi) is 12.8. The minimum atomic E-state index is -0.00991. The number of likely N-dealkylation sites (tertiary alicyclic amines) is 2. The molecule has 238 valence electrons. The lowest BCUT2D eigenvalue weighted by Crippen LogP contribution is -2.37. The van der Waals surface area contributed by atoms with E-state index in [4.69, 9.17) is 0 Å². The summed E-state index contributed by atoms with van der Waals surface area (Å²) >= 11 is 0. The molecule has 0 spiro atoms. The van der Waals surface area contributed by atoms with Crippen LogP contribution in [0, 0.1) is 11.8 Å². The van der Waals surface area contributed by atoms with Gasteiger partial charge in [0.05, 0.1) is 0 Å². The van der Waals surface area contributed by atoms with Gasteiger partial charge in [0.15, 0.2) is 0 Å². The summed E-state index contributed by atoms with van der Waals surface area (Å²) in [5.41, 5.74) is 2.77. The molecule has 0 bridgehead atoms. The van der Waals surface area contributed by atoms with Crippen LogP contribution in [0.5, 0.6) is 0 Å². The van der Waals surface area contributed by atoms with Crippen LogP contribution in [-0.2, 0) is 9.59 Å². The number of hydrogen-bond acceptors (Lipinski definition) is 4. The van der Waals surface area contributed by atoms with Gasteiger partial charge in [0.2, 0.25) is 11.8 Å². The molecule has 8 heteroatoms. The number of nitrogens with one attached hydrogen (secondary N) is 2. The summed E-state index contributed by atoms with van der Waals surface area (Å²) < 4.78 is 0. The Bertz CT molecular complexity index is 1130. The van der Waals surface area contributed by atoms with Crippen molar-refractivity contribution in [1.29, 1.82) is 0 Å². The highest BCUT2D eigenvalue weighted by Gasteiger charge is 2.22. The molecule has 2 aliphatic rings. The lowest BCUT2D eigenvalue weighted by Gasteiger charge is -2.30. The molecule has 0 unspecified atom stereocenters. The molecule has 8 nitrogen and oxygen atoms in total. The SMILES string of the molecule is CC1CCN(C(=O)c2ccc(NC(=O)CCCCCCCCC(=O)Nc3ccc(C(=O)N4CCC(C)CC4)cc3)cc2)CC1. The number of carbonyl (C=O) groups excluding carboxylic acids is 4. The summed E-state index contributed by atoms with van der Waals surface area (Å²) in [5.74, 6) is 1.47. The van der Waals surface area contributed by atoms with E-state index in [9.17, 15) is 19.2 Å². The Balaban J connectivity index is 1.02. The number of anilines is 2. The molecule has 2 N–H and O–H groups in total. The molecule has 2 fully saturated rings. The topological polar surface area (TPSA) is 98.8 Å². The highest BCUT2D eigenvalue weighted by Crippen LogP contribution is 2.21. The van der Waals surface area contributed by atoms with Gasteiger partial charge in [0.25, 0.3) is 11.8 Å². The van der Waals surface area contributed by atoms with Crippen molar-refractivity contribution in [2.24, 2.45) is 11.8 Å². The molecule has 44 heavy (non-hydrogen) atoms. The summed E-state index contributed by atoms with van der Waals surface area (Å²) in [6.07, 6.45) is 10.8. The van der Waals surface area contributed by atoms with Crippen LogP contribution >= 0.6 is 0 Å². The van der Waals surface area contributed by atoms with E-state index in [2.05, 4.69) is 24.5 Å². The molecule has 0 radical (unpaired) electrons. The molecule has 0 aromatic heterocycles. The highest BCUT2D eigenvalue weighted by atomic mass is 16.2. The van der Waals surface area contributed by atoms with Gasteiger partial charge >= 0.3 is 0 Å². The van der Waals surface area contributed by atoms with Crippen molar-refractivity contribution in [3.63, 3.8) is 0 Å². The fourth-order valence-electron chi connectivity index (χ4n) is 5.91. The summed E-state index contributed by atoms with van der Waals surface area (Å²) in [4.78, 5) is 54.0. The van der Waals surface area contributed by atoms with Crippen LogP contribution in [0.3, 0.4) is 0 Å². The average molecular weight is 603 g/mol. The van der Waals surface area contributed by atoms with Crippen molar-refractivity contribution < 1.29 is 19.2 Å². The predicted molar refractivity (Wildman–Crippen MR) is 176 cm³/mol. The van der Waals surface area contributed by atoms with E-state index in [1.165, 1.54) is 0 Å². The molecular formula is C36H50N4O4. The van der Waals surface area contributed by atoms with Crippen molar-refractivity contribution in [3.8, 4) is 0 Å². The van der Waals surface area contributed by atoms with Gasteiger partial charge in [-0.15, -0.1) is 0 Å². The van der Waals surface area contributed by atoms with Gasteiger partial charge in [-0.1, -0.05) is 39.5 Å². The molecule has 4 rings (SSSR count). The summed E-state index contributed by atoms with van der Waals surface area (Å²) in [5, 5.41) is 5.87. The maximum Gasteiger partial charge on any atom is 0.253 e. The number of benzene rings is 2. The molecule has 2 aromatic carbocycles. The minimum absolute atomic E-state index is 0.00991. The molecule has 2 aromatic rings. The van der Waals surface area contributed by atoms with Gasteiger partial charge in [0, 0.05) is 61.5 Å². The fourth-order valence-corrected chi connectivity index (χ4v) is 5.91. The fraction of sp³-hybridized carbons (Fsp3) is 0.556. The molecule has 2 aliphatic heterocycles. The van der Waals surface area contributed by atoms with Gasteiger partial charge < -0.3 is 20.4 Å². The Labute approximate surface area is 263 Å². The first-order chi connectivity index (χ1) is 21.3. The third-order valence-electron chi connectivity index (χ3n) is 9.03. The third-order valence-corrected chi connectivity index (χ3v) is 9.03. The van der Waals surface area contributed by atoms with Crippen molar-refractivity contribution >= 4 is 35.0 Å². The quantitative estimate of drug-likeness (QED) is 0.238. The number of rotatable bonds is 13. The first-order valence-corrected chi connectivity index (χ1v) is 16.7. The second-order valence-corrected chi connectivity index (χ2v) is 12.8. The van der Waals surface area contributed by atoms with E-state index < -0.39 is 0 Å². The van der Waals surface area contributed by atoms with Gasteiger partial charge in [-0.2, -0.15) is 0 Å². The maximum atomic E-state index is 12.7. The largest absolute Gasteiger partial charge is 0.339 e. The Morgan fingerprint density at radius 2 is 0.864 bits per heavy atom. The maximum absolute atomic E-state index is 12.7. The van der Waals surface area contributed by atoms with E-state index in [1.54, 1.807) is 48.5 Å². The minimum Gasteiger partial charge on any atom is -0.339 e. The van der Waals surface area contributed by atoms with E-state index in [-0.39, 0.29) is 23.6 Å². The van der Waals surface area contributed by atoms with Crippen LogP contribution in [0.1, 0.15) is 112 Å². The predicted octanol–water partition coefficient (Wildman–Crippen LogP) is 7.13.